The van der Waals surface area contributed by atoms with Crippen LogP contribution >= 0.6 is 11.3 Å². The lowest BCUT2D eigenvalue weighted by molar-refractivity contribution is -0.384. The molecule has 2 heterocycles. The van der Waals surface area contributed by atoms with Gasteiger partial charge in [0.15, 0.2) is 5.13 Å². The molecular weight excluding hydrogens is 340 g/mol. The molecule has 0 radical (unpaired) electrons. The van der Waals surface area contributed by atoms with Crippen molar-refractivity contribution in [2.24, 2.45) is 0 Å². The maximum Gasteiger partial charge on any atom is 0.269 e. The van der Waals surface area contributed by atoms with Crippen molar-refractivity contribution in [2.45, 2.75) is 20.5 Å². The van der Waals surface area contributed by atoms with Crippen LogP contribution in [-0.2, 0) is 11.3 Å². The lowest BCUT2D eigenvalue weighted by Gasteiger charge is -2.36. The highest BCUT2D eigenvalue weighted by Crippen LogP contribution is 2.30. The smallest absolute Gasteiger partial charge is 0.269 e. The summed E-state index contributed by atoms with van der Waals surface area (Å²) in [6, 6.07) is 5.01. The molecule has 0 N–H and O–H groups in total. The van der Waals surface area contributed by atoms with Crippen molar-refractivity contribution in [1.82, 2.24) is 4.98 Å². The maximum absolute atomic E-state index is 11.0. The number of hydrogen-bond acceptors (Lipinski definition) is 7. The van der Waals surface area contributed by atoms with E-state index in [1.165, 1.54) is 4.88 Å². The Balaban J connectivity index is 1.74. The molecule has 1 saturated heterocycles. The van der Waals surface area contributed by atoms with Gasteiger partial charge in [0.05, 0.1) is 17.2 Å². The number of non-ortho nitro benzene ring substituents is 1. The van der Waals surface area contributed by atoms with Gasteiger partial charge in [-0.05, 0) is 19.9 Å². The van der Waals surface area contributed by atoms with E-state index in [-0.39, 0.29) is 10.6 Å². The highest BCUT2D eigenvalue weighted by Gasteiger charge is 2.22. The summed E-state index contributed by atoms with van der Waals surface area (Å²) < 4.78 is 5.23. The van der Waals surface area contributed by atoms with Gasteiger partial charge in [-0.1, -0.05) is 0 Å². The number of nitro groups is 1. The molecule has 134 valence electrons. The molecule has 0 unspecified atom stereocenters. The quantitative estimate of drug-likeness (QED) is 0.601. The molecule has 3 rings (SSSR count). The van der Waals surface area contributed by atoms with E-state index in [1.807, 2.05) is 13.0 Å². The van der Waals surface area contributed by atoms with E-state index >= 15 is 0 Å². The van der Waals surface area contributed by atoms with Crippen molar-refractivity contribution < 1.29 is 9.66 Å². The molecule has 0 saturated carbocycles. The summed E-state index contributed by atoms with van der Waals surface area (Å²) in [6.45, 7) is 7.98. The Morgan fingerprint density at radius 2 is 1.92 bits per heavy atom. The van der Waals surface area contributed by atoms with Gasteiger partial charge in [0.1, 0.15) is 0 Å². The van der Waals surface area contributed by atoms with E-state index in [9.17, 15) is 10.1 Å². The SMILES string of the molecule is COCc1cc([N+](=O)[O-])ccc1N1CCN(c2nc(C)c(C)s2)CC1. The average molecular weight is 362 g/mol. The first-order valence-corrected chi connectivity index (χ1v) is 9.01. The van der Waals surface area contributed by atoms with Gasteiger partial charge in [-0.15, -0.1) is 11.3 Å². The molecule has 0 amide bonds. The van der Waals surface area contributed by atoms with E-state index < -0.39 is 0 Å². The standard InChI is InChI=1S/C17H22N4O3S/c1-12-13(2)25-17(18-12)20-8-6-19(7-9-20)16-5-4-15(21(22)23)10-14(16)11-24-3/h4-5,10H,6-9,11H2,1-3H3. The van der Waals surface area contributed by atoms with Crippen LogP contribution in [0.3, 0.4) is 0 Å². The molecule has 8 heteroatoms. The summed E-state index contributed by atoms with van der Waals surface area (Å²) in [5.74, 6) is 0. The summed E-state index contributed by atoms with van der Waals surface area (Å²) in [5, 5.41) is 12.1. The molecular formula is C17H22N4O3S. The van der Waals surface area contributed by atoms with Gasteiger partial charge < -0.3 is 14.5 Å². The van der Waals surface area contributed by atoms with Crippen molar-refractivity contribution in [3.05, 3.63) is 44.4 Å². The second kappa shape index (κ2) is 7.37. The van der Waals surface area contributed by atoms with Crippen LogP contribution in [0.4, 0.5) is 16.5 Å². The van der Waals surface area contributed by atoms with Crippen molar-refractivity contribution in [3.63, 3.8) is 0 Å². The Morgan fingerprint density at radius 1 is 1.24 bits per heavy atom. The summed E-state index contributed by atoms with van der Waals surface area (Å²) in [5.41, 5.74) is 3.06. The Bertz CT molecular complexity index is 750. The number of nitrogens with zero attached hydrogens (tertiary/aromatic N) is 4. The minimum absolute atomic E-state index is 0.100. The molecule has 0 bridgehead atoms. The van der Waals surface area contributed by atoms with Crippen LogP contribution in [0, 0.1) is 24.0 Å². The van der Waals surface area contributed by atoms with Gasteiger partial charge in [-0.25, -0.2) is 4.98 Å². The van der Waals surface area contributed by atoms with E-state index in [0.717, 1.165) is 48.3 Å². The summed E-state index contributed by atoms with van der Waals surface area (Å²) in [7, 11) is 1.60. The normalized spacial score (nSPS) is 14.8. The van der Waals surface area contributed by atoms with E-state index in [1.54, 1.807) is 30.6 Å². The number of rotatable bonds is 5. The lowest BCUT2D eigenvalue weighted by Crippen LogP contribution is -2.46. The zero-order valence-electron chi connectivity index (χ0n) is 14.7. The molecule has 25 heavy (non-hydrogen) atoms. The fourth-order valence-electron chi connectivity index (χ4n) is 2.99. The Kier molecular flexibility index (Phi) is 5.19. The van der Waals surface area contributed by atoms with E-state index in [4.69, 9.17) is 4.74 Å². The molecule has 1 aromatic heterocycles. The predicted molar refractivity (Wildman–Crippen MR) is 99.8 cm³/mol. The van der Waals surface area contributed by atoms with Crippen LogP contribution in [-0.4, -0.2) is 43.2 Å². The third kappa shape index (κ3) is 3.74. The number of nitro benzene ring substituents is 1. The van der Waals surface area contributed by atoms with E-state index in [2.05, 4.69) is 21.7 Å². The number of hydrogen-bond donors (Lipinski definition) is 0. The molecule has 2 aromatic rings. The molecule has 7 nitrogen and oxygen atoms in total. The zero-order valence-corrected chi connectivity index (χ0v) is 15.5. The number of anilines is 2. The Morgan fingerprint density at radius 3 is 2.48 bits per heavy atom. The van der Waals surface area contributed by atoms with Gasteiger partial charge >= 0.3 is 0 Å². The summed E-state index contributed by atoms with van der Waals surface area (Å²) in [4.78, 5) is 21.1. The number of methoxy groups -OCH3 is 1. The first-order valence-electron chi connectivity index (χ1n) is 8.19. The van der Waals surface area contributed by atoms with Crippen LogP contribution in [0.15, 0.2) is 18.2 Å². The number of benzene rings is 1. The molecule has 1 fully saturated rings. The fourth-order valence-corrected chi connectivity index (χ4v) is 3.96. The summed E-state index contributed by atoms with van der Waals surface area (Å²) in [6.07, 6.45) is 0. The first-order chi connectivity index (χ1) is 12.0. The fraction of sp³-hybridized carbons (Fsp3) is 0.471. The van der Waals surface area contributed by atoms with Gasteiger partial charge in [0.2, 0.25) is 0 Å². The number of piperazine rings is 1. The highest BCUT2D eigenvalue weighted by molar-refractivity contribution is 7.15. The first kappa shape index (κ1) is 17.6. The van der Waals surface area contributed by atoms with Crippen molar-refractivity contribution in [2.75, 3.05) is 43.1 Å². The Labute approximate surface area is 151 Å². The second-order valence-corrected chi connectivity index (χ2v) is 7.30. The van der Waals surface area contributed by atoms with Crippen molar-refractivity contribution in [1.29, 1.82) is 0 Å². The third-order valence-electron chi connectivity index (χ3n) is 4.48. The van der Waals surface area contributed by atoms with Crippen LogP contribution in [0.1, 0.15) is 16.1 Å². The monoisotopic (exact) mass is 362 g/mol. The number of thiazole rings is 1. The van der Waals surface area contributed by atoms with Gasteiger partial charge in [0.25, 0.3) is 5.69 Å². The largest absolute Gasteiger partial charge is 0.380 e. The van der Waals surface area contributed by atoms with Gasteiger partial charge in [-0.3, -0.25) is 10.1 Å². The van der Waals surface area contributed by atoms with Gasteiger partial charge in [-0.2, -0.15) is 0 Å². The third-order valence-corrected chi connectivity index (χ3v) is 5.62. The average Bonchev–Trinajstić information content (AvgIpc) is 2.94. The van der Waals surface area contributed by atoms with Crippen molar-refractivity contribution >= 4 is 27.8 Å². The molecule has 1 aromatic carbocycles. The van der Waals surface area contributed by atoms with Crippen molar-refractivity contribution in [3.8, 4) is 0 Å². The van der Waals surface area contributed by atoms with Gasteiger partial charge in [0, 0.05) is 61.5 Å². The second-order valence-electron chi connectivity index (χ2n) is 6.12. The zero-order chi connectivity index (χ0) is 18.0. The Hall–Kier alpha value is -2.19. The van der Waals surface area contributed by atoms with Crippen LogP contribution in [0.5, 0.6) is 0 Å². The topological polar surface area (TPSA) is 71.7 Å². The summed E-state index contributed by atoms with van der Waals surface area (Å²) >= 11 is 1.74. The minimum Gasteiger partial charge on any atom is -0.380 e. The molecule has 1 aliphatic heterocycles. The number of aryl methyl sites for hydroxylation is 2. The van der Waals surface area contributed by atoms with Crippen LogP contribution in [0.25, 0.3) is 0 Å². The highest BCUT2D eigenvalue weighted by atomic mass is 32.1. The van der Waals surface area contributed by atoms with E-state index in [0.29, 0.717) is 6.61 Å². The number of aromatic nitrogens is 1. The van der Waals surface area contributed by atoms with Crippen LogP contribution < -0.4 is 9.80 Å². The molecule has 0 atom stereocenters. The lowest BCUT2D eigenvalue weighted by atomic mass is 10.1. The molecule has 1 aliphatic rings. The molecule has 0 spiro atoms. The van der Waals surface area contributed by atoms with Crippen LogP contribution in [0.2, 0.25) is 0 Å². The molecule has 0 aliphatic carbocycles. The predicted octanol–water partition coefficient (Wildman–Crippen LogP) is 3.14. The maximum atomic E-state index is 11.0. The minimum atomic E-state index is -0.367. The number of ether oxygens (including phenoxy) is 1.